The average Bonchev–Trinajstić information content (AvgIpc) is 3.47. The van der Waals surface area contributed by atoms with Gasteiger partial charge < -0.3 is 14.2 Å². The van der Waals surface area contributed by atoms with E-state index in [9.17, 15) is 0 Å². The van der Waals surface area contributed by atoms with E-state index in [1.54, 1.807) is 6.07 Å². The first-order valence-electron chi connectivity index (χ1n) is 14.5. The molecule has 4 aromatic rings. The van der Waals surface area contributed by atoms with Crippen LogP contribution in [-0.2, 0) is 0 Å². The summed E-state index contributed by atoms with van der Waals surface area (Å²) in [5.41, 5.74) is 9.71. The molecule has 0 N–H and O–H groups in total. The van der Waals surface area contributed by atoms with Crippen LogP contribution in [0.15, 0.2) is 53.1 Å². The van der Waals surface area contributed by atoms with E-state index in [1.807, 2.05) is 31.2 Å². The Kier molecular flexibility index (Phi) is 6.09. The lowest BCUT2D eigenvalue weighted by atomic mass is 9.81. The number of furan rings is 1. The van der Waals surface area contributed by atoms with E-state index in [0.29, 0.717) is 34.3 Å². The third-order valence-corrected chi connectivity index (χ3v) is 10.4. The summed E-state index contributed by atoms with van der Waals surface area (Å²) < 4.78 is 21.6. The van der Waals surface area contributed by atoms with Gasteiger partial charge in [0.15, 0.2) is 5.58 Å². The molecule has 5 atom stereocenters. The highest BCUT2D eigenvalue weighted by atomic mass is 19.1. The molecule has 0 amide bonds. The highest BCUT2D eigenvalue weighted by molar-refractivity contribution is 6.10. The molecule has 204 valence electrons. The molecule has 3 nitrogen and oxygen atoms in total. The first-order valence-corrected chi connectivity index (χ1v) is 14.5. The van der Waals surface area contributed by atoms with Crippen molar-refractivity contribution in [2.45, 2.75) is 67.5 Å². The van der Waals surface area contributed by atoms with E-state index in [-0.39, 0.29) is 12.0 Å². The van der Waals surface area contributed by atoms with Crippen molar-refractivity contribution in [3.63, 3.8) is 0 Å². The Morgan fingerprint density at radius 3 is 2.05 bits per heavy atom. The van der Waals surface area contributed by atoms with Crippen LogP contribution in [0.3, 0.4) is 0 Å². The number of anilines is 1. The van der Waals surface area contributed by atoms with Gasteiger partial charge in [0.25, 0.3) is 0 Å². The minimum atomic E-state index is -0.234. The number of halogens is 1. The number of para-hydroxylation sites is 1. The molecule has 1 fully saturated rings. The summed E-state index contributed by atoms with van der Waals surface area (Å²) in [6, 6.07) is 14.2. The maximum Gasteiger partial charge on any atom is 0.162 e. The van der Waals surface area contributed by atoms with Crippen LogP contribution in [0.25, 0.3) is 27.6 Å². The van der Waals surface area contributed by atoms with Gasteiger partial charge in [-0.3, -0.25) is 0 Å². The predicted molar refractivity (Wildman–Crippen MR) is 161 cm³/mol. The lowest BCUT2D eigenvalue weighted by molar-refractivity contribution is 0.352. The van der Waals surface area contributed by atoms with Gasteiger partial charge in [-0.2, -0.15) is 0 Å². The number of hydrogen-bond donors (Lipinski definition) is 0. The molecule has 2 aliphatic rings. The maximum absolute atomic E-state index is 15.3. The molecule has 0 radical (unpaired) electrons. The van der Waals surface area contributed by atoms with Gasteiger partial charge in [0.05, 0.1) is 16.8 Å². The Morgan fingerprint density at radius 2 is 1.41 bits per heavy atom. The second kappa shape index (κ2) is 9.15. The zero-order valence-corrected chi connectivity index (χ0v) is 24.8. The molecule has 1 aliphatic heterocycles. The fourth-order valence-electron chi connectivity index (χ4n) is 7.78. The molecule has 3 aromatic carbocycles. The van der Waals surface area contributed by atoms with Crippen molar-refractivity contribution in [3.05, 3.63) is 82.3 Å². The van der Waals surface area contributed by atoms with Crippen LogP contribution in [0.2, 0.25) is 0 Å². The topological polar surface area (TPSA) is 19.6 Å². The summed E-state index contributed by atoms with van der Waals surface area (Å²) in [5, 5.41) is 1.37. The number of fused-ring (bicyclic) bond motifs is 3. The summed E-state index contributed by atoms with van der Waals surface area (Å²) in [6.45, 7) is 18.4. The number of nitrogens with zero attached hydrogens (tertiary/aromatic N) is 2. The van der Waals surface area contributed by atoms with E-state index in [1.165, 1.54) is 28.0 Å². The first-order chi connectivity index (χ1) is 18.5. The molecule has 0 spiro atoms. The molecule has 2 heterocycles. The fraction of sp³-hybridized carbons (Fsp3) is 0.429. The number of hydrogen-bond acceptors (Lipinski definition) is 3. The minimum Gasteiger partial charge on any atom is -0.454 e. The van der Waals surface area contributed by atoms with Crippen LogP contribution in [0.4, 0.5) is 10.1 Å². The van der Waals surface area contributed by atoms with Crippen LogP contribution < -0.4 is 4.90 Å². The van der Waals surface area contributed by atoms with Gasteiger partial charge in [-0.15, -0.1) is 0 Å². The highest BCUT2D eigenvalue weighted by Crippen LogP contribution is 2.51. The molecular weight excluding hydrogens is 483 g/mol. The minimum absolute atomic E-state index is 0.0515. The van der Waals surface area contributed by atoms with Gasteiger partial charge in [-0.25, -0.2) is 4.39 Å². The fourth-order valence-corrected chi connectivity index (χ4v) is 7.78. The smallest absolute Gasteiger partial charge is 0.162 e. The molecule has 5 unspecified atom stereocenters. The average molecular weight is 525 g/mol. The third-order valence-electron chi connectivity index (χ3n) is 10.4. The predicted octanol–water partition coefficient (Wildman–Crippen LogP) is 9.39. The van der Waals surface area contributed by atoms with Crippen molar-refractivity contribution in [3.8, 4) is 0 Å². The van der Waals surface area contributed by atoms with Gasteiger partial charge in [-0.1, -0.05) is 58.0 Å². The zero-order valence-electron chi connectivity index (χ0n) is 24.8. The van der Waals surface area contributed by atoms with E-state index >= 15 is 4.39 Å². The van der Waals surface area contributed by atoms with Gasteiger partial charge in [-0.05, 0) is 91.7 Å². The van der Waals surface area contributed by atoms with Crippen molar-refractivity contribution in [1.82, 2.24) is 4.90 Å². The summed E-state index contributed by atoms with van der Waals surface area (Å²) >= 11 is 0. The third kappa shape index (κ3) is 3.74. The molecule has 0 bridgehead atoms. The molecule has 1 aliphatic carbocycles. The molecule has 39 heavy (non-hydrogen) atoms. The summed E-state index contributed by atoms with van der Waals surface area (Å²) in [7, 11) is 2.16. The standard InChI is InChI=1S/C35H41FN2O/c1-18-14-26(32-23(6)21(4)22(5)24(32)7)15-19(2)31(18)29-17-38(25(8)37(29)9)34-20(3)16-28(36)33-27-12-10-11-13-30(27)39-35(33)34/h10-17,21-25,32H,1-9H3. The van der Waals surface area contributed by atoms with Crippen molar-refractivity contribution in [2.75, 3.05) is 11.9 Å². The van der Waals surface area contributed by atoms with Gasteiger partial charge in [0.1, 0.15) is 17.6 Å². The Balaban J connectivity index is 1.46. The van der Waals surface area contributed by atoms with E-state index in [0.717, 1.165) is 28.5 Å². The number of rotatable bonds is 3. The van der Waals surface area contributed by atoms with E-state index in [2.05, 4.69) is 83.6 Å². The van der Waals surface area contributed by atoms with Gasteiger partial charge >= 0.3 is 0 Å². The molecule has 4 heteroatoms. The summed E-state index contributed by atoms with van der Waals surface area (Å²) in [5.74, 6) is 3.18. The molecule has 1 aromatic heterocycles. The van der Waals surface area contributed by atoms with Crippen LogP contribution in [-0.4, -0.2) is 18.1 Å². The van der Waals surface area contributed by atoms with Crippen molar-refractivity contribution in [2.24, 2.45) is 23.7 Å². The van der Waals surface area contributed by atoms with E-state index in [4.69, 9.17) is 4.42 Å². The normalized spacial score (nSPS) is 27.3. The molecule has 1 saturated carbocycles. The lowest BCUT2D eigenvalue weighted by Crippen LogP contribution is -2.35. The van der Waals surface area contributed by atoms with Crippen molar-refractivity contribution < 1.29 is 8.81 Å². The zero-order chi connectivity index (χ0) is 27.9. The SMILES string of the molecule is Cc1cc(C2C(C)C(C)C(C)C2C)cc(C)c1C1=CN(c2c(C)cc(F)c3c2oc2ccccc23)C(C)N1C. The summed E-state index contributed by atoms with van der Waals surface area (Å²) in [6.07, 6.45) is 2.29. The van der Waals surface area contributed by atoms with Crippen LogP contribution >= 0.6 is 0 Å². The van der Waals surface area contributed by atoms with E-state index < -0.39 is 0 Å². The van der Waals surface area contributed by atoms with Crippen molar-refractivity contribution in [1.29, 1.82) is 0 Å². The largest absolute Gasteiger partial charge is 0.454 e. The Bertz CT molecular complexity index is 1590. The van der Waals surface area contributed by atoms with Crippen LogP contribution in [0.5, 0.6) is 0 Å². The van der Waals surface area contributed by atoms with Crippen molar-refractivity contribution >= 4 is 33.3 Å². The highest BCUT2D eigenvalue weighted by Gasteiger charge is 2.42. The van der Waals surface area contributed by atoms with Gasteiger partial charge in [0.2, 0.25) is 0 Å². The molecular formula is C35H41FN2O. The second-order valence-electron chi connectivity index (χ2n) is 12.5. The van der Waals surface area contributed by atoms with Crippen LogP contribution in [0.1, 0.15) is 68.4 Å². The molecule has 6 rings (SSSR count). The first kappa shape index (κ1) is 26.0. The number of aryl methyl sites for hydroxylation is 3. The molecule has 0 saturated heterocycles. The second-order valence-corrected chi connectivity index (χ2v) is 12.5. The monoisotopic (exact) mass is 524 g/mol. The number of benzene rings is 3. The lowest BCUT2D eigenvalue weighted by Gasteiger charge is -2.30. The Hall–Kier alpha value is -3.27. The van der Waals surface area contributed by atoms with Gasteiger partial charge in [0, 0.05) is 24.2 Å². The van der Waals surface area contributed by atoms with Crippen LogP contribution in [0, 0.1) is 50.3 Å². The quantitative estimate of drug-likeness (QED) is 0.266. The maximum atomic E-state index is 15.3. The summed E-state index contributed by atoms with van der Waals surface area (Å²) in [4.78, 5) is 4.59. The Morgan fingerprint density at radius 1 is 0.795 bits per heavy atom. The Labute approximate surface area is 232 Å².